The van der Waals surface area contributed by atoms with E-state index in [0.29, 0.717) is 24.1 Å². The van der Waals surface area contributed by atoms with Crippen LogP contribution in [0.5, 0.6) is 0 Å². The van der Waals surface area contributed by atoms with Crippen LogP contribution in [0.4, 0.5) is 5.82 Å². The van der Waals surface area contributed by atoms with Crippen LogP contribution in [0.15, 0.2) is 6.07 Å². The largest absolute Gasteiger partial charge is 0.368 e. The van der Waals surface area contributed by atoms with Crippen LogP contribution in [0.1, 0.15) is 38.4 Å². The Labute approximate surface area is 118 Å². The van der Waals surface area contributed by atoms with Gasteiger partial charge in [0.25, 0.3) is 0 Å². The Bertz CT molecular complexity index is 460. The number of anilines is 1. The van der Waals surface area contributed by atoms with E-state index in [1.165, 1.54) is 0 Å². The topological polar surface area (TPSA) is 66.9 Å². The molecule has 1 aromatic heterocycles. The monoisotopic (exact) mass is 282 g/mol. The number of rotatable bonds is 6. The van der Waals surface area contributed by atoms with Crippen molar-refractivity contribution in [1.29, 1.82) is 0 Å². The number of hydrogen-bond acceptors (Lipinski definition) is 4. The normalized spacial score (nSPS) is 14.5. The van der Waals surface area contributed by atoms with Crippen molar-refractivity contribution >= 4 is 23.3 Å². The van der Waals surface area contributed by atoms with E-state index in [2.05, 4.69) is 20.6 Å². The molecule has 1 aliphatic rings. The number of halogens is 1. The minimum Gasteiger partial charge on any atom is -0.368 e. The van der Waals surface area contributed by atoms with Gasteiger partial charge in [-0.1, -0.05) is 25.4 Å². The van der Waals surface area contributed by atoms with Gasteiger partial charge in [0.15, 0.2) is 0 Å². The van der Waals surface area contributed by atoms with Crippen molar-refractivity contribution in [3.63, 3.8) is 0 Å². The van der Waals surface area contributed by atoms with E-state index < -0.39 is 0 Å². The van der Waals surface area contributed by atoms with Gasteiger partial charge in [-0.15, -0.1) is 0 Å². The fraction of sp³-hybridized carbons (Fsp3) is 0.615. The molecule has 1 aliphatic carbocycles. The first-order chi connectivity index (χ1) is 9.06. The van der Waals surface area contributed by atoms with Gasteiger partial charge in [0.05, 0.1) is 0 Å². The lowest BCUT2D eigenvalue weighted by atomic mass is 10.2. The molecule has 0 aromatic carbocycles. The Kier molecular flexibility index (Phi) is 4.58. The van der Waals surface area contributed by atoms with Crippen LogP contribution in [0.25, 0.3) is 0 Å². The van der Waals surface area contributed by atoms with Gasteiger partial charge in [0.1, 0.15) is 16.8 Å². The minimum absolute atomic E-state index is 0.158. The smallest absolute Gasteiger partial charge is 0.223 e. The molecule has 0 unspecified atom stereocenters. The molecule has 0 atom stereocenters. The summed E-state index contributed by atoms with van der Waals surface area (Å²) in [5, 5.41) is 6.47. The SMILES string of the molecule is CC(C)c1nc(Cl)cc(NCCNC(=O)C2CC2)n1. The number of carbonyl (C=O) groups is 1. The molecule has 0 radical (unpaired) electrons. The van der Waals surface area contributed by atoms with Crippen molar-refractivity contribution in [2.24, 2.45) is 5.92 Å². The number of hydrogen-bond donors (Lipinski definition) is 2. The molecule has 1 fully saturated rings. The van der Waals surface area contributed by atoms with E-state index in [1.807, 2.05) is 13.8 Å². The number of amides is 1. The van der Waals surface area contributed by atoms with Crippen LogP contribution in [-0.2, 0) is 4.79 Å². The molecule has 2 N–H and O–H groups in total. The standard InChI is InChI=1S/C13H19ClN4O/c1-8(2)12-17-10(14)7-11(18-12)15-5-6-16-13(19)9-3-4-9/h7-9H,3-6H2,1-2H3,(H,16,19)(H,15,17,18). The van der Waals surface area contributed by atoms with Crippen molar-refractivity contribution in [1.82, 2.24) is 15.3 Å². The van der Waals surface area contributed by atoms with Gasteiger partial charge in [0.2, 0.25) is 5.91 Å². The summed E-state index contributed by atoms with van der Waals surface area (Å²) in [6, 6.07) is 1.69. The zero-order valence-corrected chi connectivity index (χ0v) is 12.0. The molecular weight excluding hydrogens is 264 g/mol. The molecule has 5 nitrogen and oxygen atoms in total. The molecule has 104 valence electrons. The molecule has 0 aliphatic heterocycles. The third kappa shape index (κ3) is 4.35. The second kappa shape index (κ2) is 6.19. The van der Waals surface area contributed by atoms with Gasteiger partial charge in [-0.05, 0) is 12.8 Å². The summed E-state index contributed by atoms with van der Waals surface area (Å²) in [5.41, 5.74) is 0. The van der Waals surface area contributed by atoms with E-state index in [9.17, 15) is 4.79 Å². The van der Waals surface area contributed by atoms with Crippen molar-refractivity contribution in [3.8, 4) is 0 Å². The summed E-state index contributed by atoms with van der Waals surface area (Å²) >= 11 is 5.95. The summed E-state index contributed by atoms with van der Waals surface area (Å²) in [4.78, 5) is 20.0. The fourth-order valence-corrected chi connectivity index (χ4v) is 1.84. The van der Waals surface area contributed by atoms with Gasteiger partial charge in [-0.2, -0.15) is 0 Å². The zero-order valence-electron chi connectivity index (χ0n) is 11.2. The Hall–Kier alpha value is -1.36. The molecule has 0 bridgehead atoms. The number of carbonyl (C=O) groups excluding carboxylic acids is 1. The molecule has 1 amide bonds. The maximum Gasteiger partial charge on any atom is 0.223 e. The number of nitrogens with zero attached hydrogens (tertiary/aromatic N) is 2. The van der Waals surface area contributed by atoms with E-state index in [0.717, 1.165) is 18.7 Å². The summed E-state index contributed by atoms with van der Waals surface area (Å²) in [7, 11) is 0. The van der Waals surface area contributed by atoms with Gasteiger partial charge in [0, 0.05) is 31.0 Å². The predicted molar refractivity (Wildman–Crippen MR) is 75.4 cm³/mol. The number of aromatic nitrogens is 2. The highest BCUT2D eigenvalue weighted by Crippen LogP contribution is 2.28. The Balaban J connectivity index is 1.80. The highest BCUT2D eigenvalue weighted by atomic mass is 35.5. The van der Waals surface area contributed by atoms with Crippen molar-refractivity contribution in [3.05, 3.63) is 17.0 Å². The van der Waals surface area contributed by atoms with Crippen LogP contribution in [0.2, 0.25) is 5.15 Å². The summed E-state index contributed by atoms with van der Waals surface area (Å²) in [6.07, 6.45) is 2.05. The Morgan fingerprint density at radius 1 is 1.42 bits per heavy atom. The first-order valence-electron chi connectivity index (χ1n) is 6.62. The average Bonchev–Trinajstić information content (AvgIpc) is 3.17. The molecule has 19 heavy (non-hydrogen) atoms. The number of nitrogens with one attached hydrogen (secondary N) is 2. The van der Waals surface area contributed by atoms with Gasteiger partial charge in [-0.3, -0.25) is 4.79 Å². The molecule has 2 rings (SSSR count). The van der Waals surface area contributed by atoms with Crippen LogP contribution in [-0.4, -0.2) is 29.0 Å². The quantitative estimate of drug-likeness (QED) is 0.620. The van der Waals surface area contributed by atoms with Crippen LogP contribution < -0.4 is 10.6 Å². The first kappa shape index (κ1) is 14.1. The summed E-state index contributed by atoms with van der Waals surface area (Å²) < 4.78 is 0. The highest BCUT2D eigenvalue weighted by molar-refractivity contribution is 6.29. The van der Waals surface area contributed by atoms with E-state index >= 15 is 0 Å². The molecule has 0 saturated heterocycles. The lowest BCUT2D eigenvalue weighted by molar-refractivity contribution is -0.122. The van der Waals surface area contributed by atoms with Crippen molar-refractivity contribution in [2.75, 3.05) is 18.4 Å². The third-order valence-electron chi connectivity index (χ3n) is 2.91. The molecule has 0 spiro atoms. The van der Waals surface area contributed by atoms with Crippen molar-refractivity contribution < 1.29 is 4.79 Å². The molecular formula is C13H19ClN4O. The van der Waals surface area contributed by atoms with Gasteiger partial charge < -0.3 is 10.6 Å². The van der Waals surface area contributed by atoms with E-state index in [-0.39, 0.29) is 17.7 Å². The summed E-state index contributed by atoms with van der Waals surface area (Å²) in [6.45, 7) is 5.26. The second-order valence-electron chi connectivity index (χ2n) is 5.08. The maximum atomic E-state index is 11.4. The first-order valence-corrected chi connectivity index (χ1v) is 7.00. The minimum atomic E-state index is 0.158. The summed E-state index contributed by atoms with van der Waals surface area (Å²) in [5.74, 6) is 2.06. The van der Waals surface area contributed by atoms with Gasteiger partial charge >= 0.3 is 0 Å². The highest BCUT2D eigenvalue weighted by Gasteiger charge is 2.28. The Morgan fingerprint density at radius 2 is 2.16 bits per heavy atom. The average molecular weight is 283 g/mol. The second-order valence-corrected chi connectivity index (χ2v) is 5.47. The maximum absolute atomic E-state index is 11.4. The lowest BCUT2D eigenvalue weighted by Gasteiger charge is -2.10. The van der Waals surface area contributed by atoms with E-state index in [1.54, 1.807) is 6.07 Å². The van der Waals surface area contributed by atoms with Gasteiger partial charge in [-0.25, -0.2) is 9.97 Å². The van der Waals surface area contributed by atoms with Crippen LogP contribution >= 0.6 is 11.6 Å². The van der Waals surface area contributed by atoms with Crippen LogP contribution in [0.3, 0.4) is 0 Å². The molecule has 1 saturated carbocycles. The van der Waals surface area contributed by atoms with Crippen molar-refractivity contribution in [2.45, 2.75) is 32.6 Å². The third-order valence-corrected chi connectivity index (χ3v) is 3.10. The molecule has 1 heterocycles. The lowest BCUT2D eigenvalue weighted by Crippen LogP contribution is -2.30. The zero-order chi connectivity index (χ0) is 13.8. The predicted octanol–water partition coefficient (Wildman–Crippen LogP) is 2.19. The van der Waals surface area contributed by atoms with E-state index in [4.69, 9.17) is 11.6 Å². The molecule has 6 heteroatoms. The molecule has 1 aromatic rings. The van der Waals surface area contributed by atoms with Crippen LogP contribution in [0, 0.1) is 5.92 Å². The fourth-order valence-electron chi connectivity index (χ4n) is 1.65. The Morgan fingerprint density at radius 3 is 2.79 bits per heavy atom.